The molecule has 4 aromatic rings. The molecule has 2 aromatic carbocycles. The smallest absolute Gasteiger partial charge is 0.274 e. The van der Waals surface area contributed by atoms with Crippen molar-refractivity contribution in [1.29, 1.82) is 5.26 Å². The van der Waals surface area contributed by atoms with Gasteiger partial charge in [-0.15, -0.1) is 0 Å². The summed E-state index contributed by atoms with van der Waals surface area (Å²) in [5.41, 5.74) is 1.38. The first kappa shape index (κ1) is 23.4. The Morgan fingerprint density at radius 2 is 1.85 bits per heavy atom. The Labute approximate surface area is 200 Å². The lowest BCUT2D eigenvalue weighted by atomic mass is 10.1. The molecule has 0 saturated carbocycles. The Morgan fingerprint density at radius 1 is 1.12 bits per heavy atom. The molecule has 0 atom stereocenters. The maximum Gasteiger partial charge on any atom is 0.274 e. The number of nitrogens with one attached hydrogen (secondary N) is 2. The topological polar surface area (TPSA) is 95.6 Å². The number of nitriles is 1. The quantitative estimate of drug-likeness (QED) is 0.292. The maximum atomic E-state index is 15.2. The van der Waals surface area contributed by atoms with Gasteiger partial charge < -0.3 is 10.6 Å². The minimum Gasteiger partial charge on any atom is -0.367 e. The van der Waals surface area contributed by atoms with E-state index in [9.17, 15) is 4.79 Å². The van der Waals surface area contributed by atoms with Crippen molar-refractivity contribution in [1.82, 2.24) is 20.1 Å². The third-order valence-electron chi connectivity index (χ3n) is 5.31. The zero-order valence-electron chi connectivity index (χ0n) is 18.5. The van der Waals surface area contributed by atoms with Crippen molar-refractivity contribution in [2.75, 3.05) is 25.0 Å². The molecular weight excluding hydrogens is 455 g/mol. The van der Waals surface area contributed by atoms with Crippen molar-refractivity contribution < 1.29 is 4.39 Å². The first-order valence-corrected chi connectivity index (χ1v) is 11.2. The zero-order valence-corrected chi connectivity index (χ0v) is 19.2. The molecule has 2 heterocycles. The summed E-state index contributed by atoms with van der Waals surface area (Å²) in [6.45, 7) is 4.21. The summed E-state index contributed by atoms with van der Waals surface area (Å²) in [4.78, 5) is 17.1. The van der Waals surface area contributed by atoms with E-state index in [1.54, 1.807) is 48.5 Å². The molecular formula is C25H22ClFN6O. The number of hydrogen-bond acceptors (Lipinski definition) is 6. The lowest BCUT2D eigenvalue weighted by Crippen LogP contribution is -2.24. The van der Waals surface area contributed by atoms with Crippen LogP contribution in [0.25, 0.3) is 22.0 Å². The monoisotopic (exact) mass is 476 g/mol. The van der Waals surface area contributed by atoms with Gasteiger partial charge in [-0.05, 0) is 36.4 Å². The van der Waals surface area contributed by atoms with Crippen molar-refractivity contribution in [2.24, 2.45) is 0 Å². The van der Waals surface area contributed by atoms with E-state index in [1.807, 2.05) is 6.92 Å². The van der Waals surface area contributed by atoms with Gasteiger partial charge in [-0.25, -0.2) is 9.67 Å². The highest BCUT2D eigenvalue weighted by atomic mass is 35.5. The molecule has 0 aliphatic rings. The average molecular weight is 477 g/mol. The van der Waals surface area contributed by atoms with E-state index in [0.29, 0.717) is 29.4 Å². The largest absolute Gasteiger partial charge is 0.367 e. The van der Waals surface area contributed by atoms with Crippen molar-refractivity contribution >= 4 is 28.2 Å². The van der Waals surface area contributed by atoms with E-state index in [1.165, 1.54) is 10.7 Å². The van der Waals surface area contributed by atoms with E-state index >= 15 is 4.39 Å². The second kappa shape index (κ2) is 10.4. The first-order chi connectivity index (χ1) is 16.5. The van der Waals surface area contributed by atoms with Gasteiger partial charge in [-0.2, -0.15) is 14.8 Å². The van der Waals surface area contributed by atoms with Crippen LogP contribution in [0.1, 0.15) is 18.1 Å². The summed E-state index contributed by atoms with van der Waals surface area (Å²) in [7, 11) is 0. The highest BCUT2D eigenvalue weighted by molar-refractivity contribution is 6.33. The fourth-order valence-electron chi connectivity index (χ4n) is 3.60. The number of nitrogens with zero attached hydrogens (tertiary/aromatic N) is 4. The van der Waals surface area contributed by atoms with E-state index in [4.69, 9.17) is 16.9 Å². The van der Waals surface area contributed by atoms with Crippen LogP contribution in [0.3, 0.4) is 0 Å². The van der Waals surface area contributed by atoms with Gasteiger partial charge >= 0.3 is 0 Å². The molecule has 0 fully saturated rings. The highest BCUT2D eigenvalue weighted by Gasteiger charge is 2.18. The van der Waals surface area contributed by atoms with Gasteiger partial charge in [-0.1, -0.05) is 48.9 Å². The van der Waals surface area contributed by atoms with Crippen LogP contribution in [0.5, 0.6) is 0 Å². The molecule has 4 rings (SSSR count). The van der Waals surface area contributed by atoms with Gasteiger partial charge in [0.1, 0.15) is 11.5 Å². The summed E-state index contributed by atoms with van der Waals surface area (Å²) < 4.78 is 16.5. The molecule has 34 heavy (non-hydrogen) atoms. The molecule has 0 spiro atoms. The molecule has 7 nitrogen and oxygen atoms in total. The van der Waals surface area contributed by atoms with Crippen LogP contribution in [0, 0.1) is 17.3 Å². The summed E-state index contributed by atoms with van der Waals surface area (Å²) >= 11 is 6.41. The second-order valence-corrected chi connectivity index (χ2v) is 8.01. The van der Waals surface area contributed by atoms with Gasteiger partial charge in [0.25, 0.3) is 5.56 Å². The van der Waals surface area contributed by atoms with E-state index in [2.05, 4.69) is 26.8 Å². The van der Waals surface area contributed by atoms with Crippen LogP contribution in [0.15, 0.2) is 59.4 Å². The molecule has 0 aliphatic heterocycles. The van der Waals surface area contributed by atoms with Gasteiger partial charge in [0.2, 0.25) is 5.95 Å². The number of pyridine rings is 1. The van der Waals surface area contributed by atoms with Crippen LogP contribution in [0.4, 0.5) is 10.2 Å². The van der Waals surface area contributed by atoms with Gasteiger partial charge in [0.05, 0.1) is 34.1 Å². The third-order valence-corrected chi connectivity index (χ3v) is 5.60. The molecule has 2 aromatic heterocycles. The Morgan fingerprint density at radius 3 is 2.56 bits per heavy atom. The minimum absolute atomic E-state index is 0.104. The predicted octanol–water partition coefficient (Wildman–Crippen LogP) is 4.19. The molecule has 172 valence electrons. The van der Waals surface area contributed by atoms with E-state index in [0.717, 1.165) is 12.1 Å². The van der Waals surface area contributed by atoms with Gasteiger partial charge in [0.15, 0.2) is 0 Å². The van der Waals surface area contributed by atoms with Crippen molar-refractivity contribution in [3.63, 3.8) is 0 Å². The zero-order chi connectivity index (χ0) is 24.1. The maximum absolute atomic E-state index is 15.2. The third kappa shape index (κ3) is 4.91. The number of rotatable bonds is 8. The second-order valence-electron chi connectivity index (χ2n) is 7.60. The molecule has 0 saturated heterocycles. The molecule has 0 radical (unpaired) electrons. The van der Waals surface area contributed by atoms with Crippen molar-refractivity contribution in [3.8, 4) is 17.3 Å². The molecule has 0 aliphatic carbocycles. The lowest BCUT2D eigenvalue weighted by Gasteiger charge is -2.14. The van der Waals surface area contributed by atoms with Crippen LogP contribution in [-0.2, 0) is 6.54 Å². The van der Waals surface area contributed by atoms with Gasteiger partial charge in [0, 0.05) is 18.5 Å². The Balaban J connectivity index is 1.77. The first-order valence-electron chi connectivity index (χ1n) is 10.8. The minimum atomic E-state index is -0.739. The normalized spacial score (nSPS) is 10.9. The molecule has 2 N–H and O–H groups in total. The Kier molecular flexibility index (Phi) is 7.16. The SMILES string of the molecule is CCNCCNc1nc(F)c(-c2nn(Cc3ccc(C#N)cc3)c(=O)c3ccccc23)cc1Cl. The number of halogens is 2. The van der Waals surface area contributed by atoms with Crippen LogP contribution < -0.4 is 16.2 Å². The number of benzene rings is 2. The van der Waals surface area contributed by atoms with E-state index in [-0.39, 0.29) is 34.2 Å². The van der Waals surface area contributed by atoms with Crippen LogP contribution in [0.2, 0.25) is 5.02 Å². The molecule has 0 amide bonds. The molecule has 0 bridgehead atoms. The summed E-state index contributed by atoms with van der Waals surface area (Å²) in [6, 6.07) is 17.3. The van der Waals surface area contributed by atoms with Crippen LogP contribution >= 0.6 is 11.6 Å². The van der Waals surface area contributed by atoms with Crippen molar-refractivity contribution in [2.45, 2.75) is 13.5 Å². The molecule has 9 heteroatoms. The van der Waals surface area contributed by atoms with Gasteiger partial charge in [-0.3, -0.25) is 4.79 Å². The number of anilines is 1. The van der Waals surface area contributed by atoms with Crippen molar-refractivity contribution in [3.05, 3.63) is 87.0 Å². The summed E-state index contributed by atoms with van der Waals surface area (Å²) in [6.07, 6.45) is 0. The Bertz CT molecular complexity index is 1430. The lowest BCUT2D eigenvalue weighted by molar-refractivity contribution is 0.585. The number of aromatic nitrogens is 3. The average Bonchev–Trinajstić information content (AvgIpc) is 2.86. The predicted molar refractivity (Wildman–Crippen MR) is 131 cm³/mol. The summed E-state index contributed by atoms with van der Waals surface area (Å²) in [5, 5.41) is 20.9. The fraction of sp³-hybridized carbons (Fsp3) is 0.200. The molecule has 0 unspecified atom stereocenters. The number of hydrogen-bond donors (Lipinski definition) is 2. The number of likely N-dealkylation sites (N-methyl/N-ethyl adjacent to an activating group) is 1. The Hall–Kier alpha value is -3.80. The summed E-state index contributed by atoms with van der Waals surface area (Å²) in [5.74, 6) is -0.493. The standard InChI is InChI=1S/C25H22ClFN6O/c1-2-29-11-12-30-24-21(26)13-20(23(27)31-24)22-18-5-3-4-6-19(18)25(34)33(32-22)15-17-9-7-16(14-28)8-10-17/h3-10,13,29H,2,11-12,15H2,1H3,(H,30,31). The fourth-order valence-corrected chi connectivity index (χ4v) is 3.82. The van der Waals surface area contributed by atoms with E-state index < -0.39 is 5.95 Å². The number of fused-ring (bicyclic) bond motifs is 1. The van der Waals surface area contributed by atoms with Crippen LogP contribution in [-0.4, -0.2) is 34.4 Å². The highest BCUT2D eigenvalue weighted by Crippen LogP contribution is 2.31.